The van der Waals surface area contributed by atoms with E-state index in [1.807, 2.05) is 31.2 Å². The van der Waals surface area contributed by atoms with Crippen molar-refractivity contribution in [2.45, 2.75) is 51.6 Å². The van der Waals surface area contributed by atoms with Gasteiger partial charge in [0.05, 0.1) is 0 Å². The van der Waals surface area contributed by atoms with Gasteiger partial charge in [-0.2, -0.15) is 0 Å². The normalized spacial score (nSPS) is 26.6. The molecule has 0 radical (unpaired) electrons. The SMILES string of the molecule is CC1(C)CC(=O)C2=C(C1)O[C@@](C)(c1ccc(F)cc1)C[C@H]2c1ccc(Cl)cc1. The van der Waals surface area contributed by atoms with E-state index in [1.165, 1.54) is 12.1 Å². The zero-order chi connectivity index (χ0) is 20.1. The minimum atomic E-state index is -0.634. The predicted molar refractivity (Wildman–Crippen MR) is 109 cm³/mol. The Bertz CT molecular complexity index is 944. The predicted octanol–water partition coefficient (Wildman–Crippen LogP) is 6.54. The molecule has 0 amide bonds. The van der Waals surface area contributed by atoms with Gasteiger partial charge in [0.25, 0.3) is 0 Å². The number of halogens is 2. The molecule has 2 aromatic carbocycles. The molecule has 0 fully saturated rings. The summed E-state index contributed by atoms with van der Waals surface area (Å²) < 4.78 is 20.0. The number of ketones is 1. The standard InChI is InChI=1S/C24H24ClFO2/c1-23(2)13-20(27)22-19(15-4-8-17(25)9-5-15)12-24(3,28-21(22)14-23)16-6-10-18(26)11-7-16/h4-11,19H,12-14H2,1-3H3/t19-,24+/m0/s1. The third-order valence-electron chi connectivity index (χ3n) is 5.90. The van der Waals surface area contributed by atoms with Crippen LogP contribution in [-0.4, -0.2) is 5.78 Å². The summed E-state index contributed by atoms with van der Waals surface area (Å²) in [5, 5.41) is 0.669. The smallest absolute Gasteiger partial charge is 0.163 e. The van der Waals surface area contributed by atoms with Gasteiger partial charge in [-0.1, -0.05) is 49.7 Å². The molecule has 2 atom stereocenters. The molecule has 0 aromatic heterocycles. The zero-order valence-corrected chi connectivity index (χ0v) is 17.1. The van der Waals surface area contributed by atoms with Gasteiger partial charge in [-0.15, -0.1) is 0 Å². The second-order valence-electron chi connectivity index (χ2n) is 8.93. The van der Waals surface area contributed by atoms with Crippen LogP contribution in [0.25, 0.3) is 0 Å². The highest BCUT2D eigenvalue weighted by atomic mass is 35.5. The lowest BCUT2D eigenvalue weighted by Gasteiger charge is -2.45. The molecule has 0 bridgehead atoms. The summed E-state index contributed by atoms with van der Waals surface area (Å²) in [6.07, 6.45) is 1.85. The number of carbonyl (C=O) groups excluding carboxylic acids is 1. The van der Waals surface area contributed by atoms with E-state index in [0.29, 0.717) is 17.9 Å². The number of benzene rings is 2. The number of ether oxygens (including phenoxy) is 1. The lowest BCUT2D eigenvalue weighted by atomic mass is 9.68. The molecule has 0 saturated heterocycles. The van der Waals surface area contributed by atoms with Gasteiger partial charge in [0, 0.05) is 35.8 Å². The van der Waals surface area contributed by atoms with Crippen molar-refractivity contribution in [1.29, 1.82) is 0 Å². The van der Waals surface area contributed by atoms with Crippen molar-refractivity contribution in [2.75, 3.05) is 0 Å². The van der Waals surface area contributed by atoms with E-state index in [-0.39, 0.29) is 22.9 Å². The Balaban J connectivity index is 1.84. The van der Waals surface area contributed by atoms with Crippen LogP contribution < -0.4 is 0 Å². The molecule has 4 rings (SSSR count). The molecule has 0 unspecified atom stereocenters. The lowest BCUT2D eigenvalue weighted by molar-refractivity contribution is -0.121. The molecule has 0 saturated carbocycles. The van der Waals surface area contributed by atoms with Crippen molar-refractivity contribution < 1.29 is 13.9 Å². The van der Waals surface area contributed by atoms with Gasteiger partial charge < -0.3 is 4.74 Å². The molecule has 1 aliphatic heterocycles. The van der Waals surface area contributed by atoms with Gasteiger partial charge in [0.2, 0.25) is 0 Å². The maximum absolute atomic E-state index is 13.5. The van der Waals surface area contributed by atoms with Gasteiger partial charge in [-0.25, -0.2) is 4.39 Å². The molecule has 146 valence electrons. The van der Waals surface area contributed by atoms with E-state index in [4.69, 9.17) is 16.3 Å². The molecular formula is C24H24ClFO2. The number of hydrogen-bond donors (Lipinski definition) is 0. The first-order chi connectivity index (χ1) is 13.2. The number of allylic oxidation sites excluding steroid dienone is 2. The Labute approximate surface area is 170 Å². The monoisotopic (exact) mass is 398 g/mol. The third kappa shape index (κ3) is 3.48. The molecular weight excluding hydrogens is 375 g/mol. The summed E-state index contributed by atoms with van der Waals surface area (Å²) in [7, 11) is 0. The van der Waals surface area contributed by atoms with E-state index in [2.05, 4.69) is 13.8 Å². The van der Waals surface area contributed by atoms with Crippen molar-refractivity contribution in [2.24, 2.45) is 5.41 Å². The van der Waals surface area contributed by atoms with Gasteiger partial charge in [-0.05, 0) is 47.7 Å². The number of Topliss-reactive ketones (excluding diaryl/α,β-unsaturated/α-hetero) is 1. The highest BCUT2D eigenvalue weighted by molar-refractivity contribution is 6.30. The van der Waals surface area contributed by atoms with Crippen LogP contribution in [0.5, 0.6) is 0 Å². The van der Waals surface area contributed by atoms with Crippen LogP contribution in [0.15, 0.2) is 59.9 Å². The van der Waals surface area contributed by atoms with E-state index in [0.717, 1.165) is 28.9 Å². The zero-order valence-electron chi connectivity index (χ0n) is 16.4. The summed E-state index contributed by atoms with van der Waals surface area (Å²) in [4.78, 5) is 13.1. The Morgan fingerprint density at radius 3 is 2.29 bits per heavy atom. The second kappa shape index (κ2) is 6.73. The molecule has 0 N–H and O–H groups in total. The largest absolute Gasteiger partial charge is 0.487 e. The maximum Gasteiger partial charge on any atom is 0.163 e. The average Bonchev–Trinajstić information content (AvgIpc) is 2.60. The van der Waals surface area contributed by atoms with E-state index in [1.54, 1.807) is 12.1 Å². The molecule has 2 aromatic rings. The van der Waals surface area contributed by atoms with Crippen LogP contribution in [0.1, 0.15) is 57.1 Å². The Morgan fingerprint density at radius 2 is 1.64 bits per heavy atom. The molecule has 4 heteroatoms. The fourth-order valence-electron chi connectivity index (χ4n) is 4.52. The van der Waals surface area contributed by atoms with Crippen LogP contribution in [-0.2, 0) is 15.1 Å². The molecule has 2 nitrogen and oxygen atoms in total. The van der Waals surface area contributed by atoms with Crippen molar-refractivity contribution in [3.8, 4) is 0 Å². The number of carbonyl (C=O) groups is 1. The van der Waals surface area contributed by atoms with Crippen LogP contribution in [0.3, 0.4) is 0 Å². The van der Waals surface area contributed by atoms with Gasteiger partial charge >= 0.3 is 0 Å². The number of hydrogen-bond acceptors (Lipinski definition) is 2. The first kappa shape index (κ1) is 19.2. The van der Waals surface area contributed by atoms with Crippen molar-refractivity contribution in [3.05, 3.63) is 81.8 Å². The molecule has 2 aliphatic rings. The third-order valence-corrected chi connectivity index (χ3v) is 6.15. The summed E-state index contributed by atoms with van der Waals surface area (Å²) in [5.41, 5.74) is 1.99. The minimum Gasteiger partial charge on any atom is -0.487 e. The van der Waals surface area contributed by atoms with Crippen molar-refractivity contribution >= 4 is 17.4 Å². The highest BCUT2D eigenvalue weighted by Crippen LogP contribution is 2.52. The number of rotatable bonds is 2. The molecule has 1 aliphatic carbocycles. The summed E-state index contributed by atoms with van der Waals surface area (Å²) in [6.45, 7) is 6.22. The molecule has 28 heavy (non-hydrogen) atoms. The van der Waals surface area contributed by atoms with E-state index < -0.39 is 5.60 Å². The topological polar surface area (TPSA) is 26.3 Å². The van der Waals surface area contributed by atoms with E-state index in [9.17, 15) is 9.18 Å². The Kier molecular flexibility index (Phi) is 4.62. The summed E-state index contributed by atoms with van der Waals surface area (Å²) in [6, 6.07) is 14.2. The highest BCUT2D eigenvalue weighted by Gasteiger charge is 2.46. The van der Waals surface area contributed by atoms with Crippen molar-refractivity contribution in [1.82, 2.24) is 0 Å². The van der Waals surface area contributed by atoms with Crippen LogP contribution >= 0.6 is 11.6 Å². The van der Waals surface area contributed by atoms with Crippen molar-refractivity contribution in [3.63, 3.8) is 0 Å². The Hall–Kier alpha value is -2.13. The van der Waals surface area contributed by atoms with E-state index >= 15 is 0 Å². The summed E-state index contributed by atoms with van der Waals surface area (Å²) in [5.74, 6) is 0.595. The lowest BCUT2D eigenvalue weighted by Crippen LogP contribution is -2.39. The minimum absolute atomic E-state index is 0.0698. The molecule has 0 spiro atoms. The fourth-order valence-corrected chi connectivity index (χ4v) is 4.65. The fraction of sp³-hybridized carbons (Fsp3) is 0.375. The van der Waals surface area contributed by atoms with Gasteiger partial charge in [0.15, 0.2) is 5.78 Å². The van der Waals surface area contributed by atoms with Crippen LogP contribution in [0.2, 0.25) is 5.02 Å². The van der Waals surface area contributed by atoms with Crippen LogP contribution in [0.4, 0.5) is 4.39 Å². The Morgan fingerprint density at radius 1 is 1.00 bits per heavy atom. The van der Waals surface area contributed by atoms with Gasteiger partial charge in [-0.3, -0.25) is 4.79 Å². The van der Waals surface area contributed by atoms with Gasteiger partial charge in [0.1, 0.15) is 17.2 Å². The average molecular weight is 399 g/mol. The first-order valence-corrected chi connectivity index (χ1v) is 10.0. The second-order valence-corrected chi connectivity index (χ2v) is 9.36. The summed E-state index contributed by atoms with van der Waals surface area (Å²) >= 11 is 6.08. The maximum atomic E-state index is 13.5. The first-order valence-electron chi connectivity index (χ1n) is 9.64. The molecule has 1 heterocycles. The quantitative estimate of drug-likeness (QED) is 0.574. The van der Waals surface area contributed by atoms with Crippen LogP contribution in [0, 0.1) is 11.2 Å².